The van der Waals surface area contributed by atoms with E-state index in [0.717, 1.165) is 44.6 Å². The third-order valence-corrected chi connectivity index (χ3v) is 5.80. The maximum absolute atomic E-state index is 12.2. The van der Waals surface area contributed by atoms with Gasteiger partial charge >= 0.3 is 6.03 Å². The van der Waals surface area contributed by atoms with Crippen LogP contribution in [0.3, 0.4) is 0 Å². The van der Waals surface area contributed by atoms with Crippen molar-refractivity contribution >= 4 is 33.8 Å². The van der Waals surface area contributed by atoms with Crippen molar-refractivity contribution in [2.45, 2.75) is 13.3 Å². The van der Waals surface area contributed by atoms with E-state index in [4.69, 9.17) is 4.74 Å². The molecule has 0 fully saturated rings. The van der Waals surface area contributed by atoms with E-state index in [-0.39, 0.29) is 11.6 Å². The van der Waals surface area contributed by atoms with Crippen molar-refractivity contribution in [2.75, 3.05) is 19.0 Å². The van der Waals surface area contributed by atoms with Gasteiger partial charge in [-0.1, -0.05) is 30.3 Å². The molecule has 0 aliphatic heterocycles. The largest absolute Gasteiger partial charge is 0.496 e. The van der Waals surface area contributed by atoms with Gasteiger partial charge in [0.25, 0.3) is 5.56 Å². The summed E-state index contributed by atoms with van der Waals surface area (Å²) in [5, 5.41) is 13.7. The number of urea groups is 1. The highest BCUT2D eigenvalue weighted by molar-refractivity contribution is 5.91. The van der Waals surface area contributed by atoms with Crippen LogP contribution in [-0.2, 0) is 6.42 Å². The second kappa shape index (κ2) is 9.30. The van der Waals surface area contributed by atoms with Gasteiger partial charge in [-0.2, -0.15) is 5.10 Å². The Morgan fingerprint density at radius 1 is 1.03 bits per heavy atom. The second-order valence-corrected chi connectivity index (χ2v) is 8.05. The van der Waals surface area contributed by atoms with Crippen molar-refractivity contribution in [2.24, 2.45) is 0 Å². The number of fused-ring (bicyclic) bond motifs is 2. The lowest BCUT2D eigenvalue weighted by Gasteiger charge is -2.12. The van der Waals surface area contributed by atoms with Gasteiger partial charge in [0.1, 0.15) is 5.75 Å². The molecular weight excluding hydrogens is 444 g/mol. The summed E-state index contributed by atoms with van der Waals surface area (Å²) in [6.45, 7) is 2.38. The SMILES string of the molecule is CCNC(=O)Nc1nc2cc(-c3ccc(OC)c(Cc4n[nH]c(=O)c5ccccc45)c3)ccc2[nH]1. The normalized spacial score (nSPS) is 11.0. The number of carbonyl (C=O) groups excluding carboxylic acids is 1. The number of methoxy groups -OCH3 is 1. The van der Waals surface area contributed by atoms with Gasteiger partial charge in [-0.15, -0.1) is 0 Å². The number of aromatic nitrogens is 4. The van der Waals surface area contributed by atoms with E-state index < -0.39 is 0 Å². The molecule has 2 amide bonds. The van der Waals surface area contributed by atoms with Crippen molar-refractivity contribution in [3.63, 3.8) is 0 Å². The molecule has 5 rings (SSSR count). The van der Waals surface area contributed by atoms with E-state index in [0.29, 0.717) is 24.3 Å². The molecule has 0 radical (unpaired) electrons. The van der Waals surface area contributed by atoms with Crippen molar-refractivity contribution in [1.82, 2.24) is 25.5 Å². The number of H-pyrrole nitrogens is 2. The quantitative estimate of drug-likeness (QED) is 0.297. The van der Waals surface area contributed by atoms with Crippen LogP contribution in [0.15, 0.2) is 65.5 Å². The highest BCUT2D eigenvalue weighted by Crippen LogP contribution is 2.31. The molecule has 9 heteroatoms. The van der Waals surface area contributed by atoms with Crippen molar-refractivity contribution in [3.05, 3.63) is 82.3 Å². The Morgan fingerprint density at radius 3 is 2.60 bits per heavy atom. The molecule has 2 aromatic heterocycles. The maximum Gasteiger partial charge on any atom is 0.321 e. The number of carbonyl (C=O) groups is 1. The first-order valence-corrected chi connectivity index (χ1v) is 11.2. The molecule has 0 unspecified atom stereocenters. The standard InChI is InChI=1S/C26H24N6O3/c1-3-27-26(34)30-25-28-20-10-8-16(13-22(20)29-25)15-9-11-23(35-2)17(12-15)14-21-18-6-4-5-7-19(18)24(33)32-31-21/h4-13H,3,14H2,1-2H3,(H,32,33)(H3,27,28,29,30,34). The van der Waals surface area contributed by atoms with Crippen LogP contribution in [0, 0.1) is 0 Å². The molecule has 2 heterocycles. The fourth-order valence-electron chi connectivity index (χ4n) is 4.14. The summed E-state index contributed by atoms with van der Waals surface area (Å²) in [6.07, 6.45) is 0.486. The van der Waals surface area contributed by atoms with Crippen LogP contribution >= 0.6 is 0 Å². The number of hydrogen-bond donors (Lipinski definition) is 4. The van der Waals surface area contributed by atoms with Crippen LogP contribution in [0.4, 0.5) is 10.7 Å². The predicted octanol–water partition coefficient (Wildman–Crippen LogP) is 4.21. The summed E-state index contributed by atoms with van der Waals surface area (Å²) in [6, 6.07) is 19.0. The Morgan fingerprint density at radius 2 is 1.80 bits per heavy atom. The average molecular weight is 469 g/mol. The highest BCUT2D eigenvalue weighted by Gasteiger charge is 2.13. The molecule has 0 spiro atoms. The zero-order chi connectivity index (χ0) is 24.4. The van der Waals surface area contributed by atoms with Crippen LogP contribution in [-0.4, -0.2) is 39.9 Å². The third kappa shape index (κ3) is 4.43. The Bertz CT molecular complexity index is 1600. The maximum atomic E-state index is 12.2. The molecule has 0 atom stereocenters. The molecule has 0 bridgehead atoms. The molecule has 35 heavy (non-hydrogen) atoms. The number of hydrogen-bond acceptors (Lipinski definition) is 5. The molecule has 3 aromatic carbocycles. The van der Waals surface area contributed by atoms with Crippen LogP contribution in [0.1, 0.15) is 18.2 Å². The molecule has 176 valence electrons. The lowest BCUT2D eigenvalue weighted by molar-refractivity contribution is 0.252. The van der Waals surface area contributed by atoms with E-state index in [2.05, 4.69) is 36.9 Å². The predicted molar refractivity (Wildman–Crippen MR) is 136 cm³/mol. The van der Waals surface area contributed by atoms with Crippen molar-refractivity contribution in [3.8, 4) is 16.9 Å². The van der Waals surface area contributed by atoms with Gasteiger partial charge in [0.2, 0.25) is 5.95 Å². The van der Waals surface area contributed by atoms with Crippen LogP contribution in [0.25, 0.3) is 32.9 Å². The summed E-state index contributed by atoms with van der Waals surface area (Å²) < 4.78 is 5.61. The minimum absolute atomic E-state index is 0.210. The Kier molecular flexibility index (Phi) is 5.88. The summed E-state index contributed by atoms with van der Waals surface area (Å²) in [5.74, 6) is 1.12. The minimum Gasteiger partial charge on any atom is -0.496 e. The number of nitrogens with zero attached hydrogens (tertiary/aromatic N) is 2. The van der Waals surface area contributed by atoms with Gasteiger partial charge in [-0.05, 0) is 48.4 Å². The van der Waals surface area contributed by atoms with E-state index >= 15 is 0 Å². The molecule has 0 saturated carbocycles. The van der Waals surface area contributed by atoms with E-state index in [1.807, 2.05) is 55.5 Å². The van der Waals surface area contributed by atoms with Crippen LogP contribution < -0.4 is 20.9 Å². The number of ether oxygens (including phenoxy) is 1. The first-order chi connectivity index (χ1) is 17.1. The summed E-state index contributed by atoms with van der Waals surface area (Å²) in [7, 11) is 1.63. The van der Waals surface area contributed by atoms with Gasteiger partial charge in [-0.25, -0.2) is 14.9 Å². The topological polar surface area (TPSA) is 125 Å². The molecule has 0 aliphatic carbocycles. The Labute approximate surface area is 200 Å². The molecular formula is C26H24N6O3. The zero-order valence-electron chi connectivity index (χ0n) is 19.3. The molecule has 0 saturated heterocycles. The van der Waals surface area contributed by atoms with Crippen LogP contribution in [0.2, 0.25) is 0 Å². The molecule has 9 nitrogen and oxygen atoms in total. The van der Waals surface area contributed by atoms with E-state index in [1.54, 1.807) is 13.2 Å². The van der Waals surface area contributed by atoms with E-state index in [1.165, 1.54) is 0 Å². The number of anilines is 1. The number of aromatic amines is 2. The van der Waals surface area contributed by atoms with Crippen molar-refractivity contribution < 1.29 is 9.53 Å². The smallest absolute Gasteiger partial charge is 0.321 e. The number of benzene rings is 3. The first kappa shape index (κ1) is 22.1. The fourth-order valence-corrected chi connectivity index (χ4v) is 4.14. The molecule has 5 aromatic rings. The van der Waals surface area contributed by atoms with Gasteiger partial charge in [0, 0.05) is 23.9 Å². The van der Waals surface area contributed by atoms with Crippen molar-refractivity contribution in [1.29, 1.82) is 0 Å². The Balaban J connectivity index is 1.50. The van der Waals surface area contributed by atoms with Crippen LogP contribution in [0.5, 0.6) is 5.75 Å². The van der Waals surface area contributed by atoms with E-state index in [9.17, 15) is 9.59 Å². The van der Waals surface area contributed by atoms with Gasteiger partial charge in [-0.3, -0.25) is 10.1 Å². The lowest BCUT2D eigenvalue weighted by Crippen LogP contribution is -2.28. The summed E-state index contributed by atoms with van der Waals surface area (Å²) in [5.41, 5.74) is 5.00. The summed E-state index contributed by atoms with van der Waals surface area (Å²) in [4.78, 5) is 31.6. The number of nitrogens with one attached hydrogen (secondary N) is 4. The van der Waals surface area contributed by atoms with Gasteiger partial charge < -0.3 is 15.0 Å². The third-order valence-electron chi connectivity index (χ3n) is 5.80. The second-order valence-electron chi connectivity index (χ2n) is 8.05. The zero-order valence-corrected chi connectivity index (χ0v) is 19.3. The number of amides is 2. The van der Waals surface area contributed by atoms with Gasteiger partial charge in [0.05, 0.1) is 29.2 Å². The summed E-state index contributed by atoms with van der Waals surface area (Å²) >= 11 is 0. The molecule has 0 aliphatic rings. The minimum atomic E-state index is -0.310. The molecule has 4 N–H and O–H groups in total. The fraction of sp³-hybridized carbons (Fsp3) is 0.154. The monoisotopic (exact) mass is 468 g/mol. The number of rotatable bonds is 6. The first-order valence-electron chi connectivity index (χ1n) is 11.2. The number of imidazole rings is 1. The lowest BCUT2D eigenvalue weighted by atomic mass is 9.98. The van der Waals surface area contributed by atoms with Gasteiger partial charge in [0.15, 0.2) is 0 Å². The average Bonchev–Trinajstić information content (AvgIpc) is 3.27. The Hall–Kier alpha value is -4.66. The highest BCUT2D eigenvalue weighted by atomic mass is 16.5.